The number of esters is 1. The highest BCUT2D eigenvalue weighted by atomic mass is 16.6. The normalized spacial score (nSPS) is 10.9. The topological polar surface area (TPSA) is 55.8 Å². The van der Waals surface area contributed by atoms with Crippen molar-refractivity contribution in [2.45, 2.75) is 53.1 Å². The van der Waals surface area contributed by atoms with Gasteiger partial charge in [-0.25, -0.2) is 4.79 Å². The summed E-state index contributed by atoms with van der Waals surface area (Å²) < 4.78 is 10.0. The molecule has 0 bridgehead atoms. The molecule has 0 fully saturated rings. The second-order valence-corrected chi connectivity index (χ2v) is 4.86. The molecule has 0 radical (unpaired) electrons. The van der Waals surface area contributed by atoms with Crippen LogP contribution in [0.5, 0.6) is 0 Å². The number of ether oxygens (including phenoxy) is 2. The van der Waals surface area contributed by atoms with Gasteiger partial charge in [0.05, 0.1) is 0 Å². The van der Waals surface area contributed by atoms with Crippen LogP contribution in [0, 0.1) is 0 Å². The third kappa shape index (κ3) is 8.54. The first-order chi connectivity index (χ1) is 7.76. The number of nitrogens with zero attached hydrogens (tertiary/aromatic N) is 1. The van der Waals surface area contributed by atoms with Crippen LogP contribution in [0.1, 0.15) is 47.5 Å². The molecule has 0 atom stereocenters. The Kier molecular flexibility index (Phi) is 6.61. The van der Waals surface area contributed by atoms with Crippen LogP contribution in [0.15, 0.2) is 0 Å². The Labute approximate surface area is 103 Å². The van der Waals surface area contributed by atoms with Gasteiger partial charge in [0.2, 0.25) is 0 Å². The number of hydrogen-bond donors (Lipinski definition) is 0. The number of carbonyl (C=O) groups excluding carboxylic acids is 2. The molecule has 0 N–H and O–H groups in total. The van der Waals surface area contributed by atoms with Gasteiger partial charge in [-0.1, -0.05) is 13.3 Å². The molecule has 0 aliphatic carbocycles. The molecule has 0 saturated heterocycles. The van der Waals surface area contributed by atoms with Crippen molar-refractivity contribution in [1.82, 2.24) is 4.90 Å². The fourth-order valence-electron chi connectivity index (χ4n) is 1.05. The molecule has 0 saturated carbocycles. The summed E-state index contributed by atoms with van der Waals surface area (Å²) in [5.74, 6) is -0.407. The van der Waals surface area contributed by atoms with E-state index in [0.29, 0.717) is 6.54 Å². The van der Waals surface area contributed by atoms with Gasteiger partial charge in [0, 0.05) is 13.5 Å². The van der Waals surface area contributed by atoms with Crippen molar-refractivity contribution in [2.75, 3.05) is 13.3 Å². The molecule has 17 heavy (non-hydrogen) atoms. The Hall–Kier alpha value is -1.26. The van der Waals surface area contributed by atoms with Gasteiger partial charge in [0.1, 0.15) is 5.60 Å². The maximum absolute atomic E-state index is 11.8. The third-order valence-electron chi connectivity index (χ3n) is 1.86. The van der Waals surface area contributed by atoms with E-state index in [4.69, 9.17) is 9.47 Å². The molecule has 5 heteroatoms. The molecule has 0 spiro atoms. The lowest BCUT2D eigenvalue weighted by Crippen LogP contribution is -2.39. The number of hydrogen-bond acceptors (Lipinski definition) is 4. The van der Waals surface area contributed by atoms with Gasteiger partial charge >= 0.3 is 12.1 Å². The summed E-state index contributed by atoms with van der Waals surface area (Å²) in [6, 6.07) is 0. The van der Waals surface area contributed by atoms with Crippen LogP contribution < -0.4 is 0 Å². The van der Waals surface area contributed by atoms with Gasteiger partial charge in [-0.15, -0.1) is 0 Å². The van der Waals surface area contributed by atoms with E-state index in [2.05, 4.69) is 0 Å². The maximum atomic E-state index is 11.8. The van der Waals surface area contributed by atoms with Crippen molar-refractivity contribution in [3.8, 4) is 0 Å². The average molecular weight is 245 g/mol. The third-order valence-corrected chi connectivity index (χ3v) is 1.86. The Balaban J connectivity index is 4.33. The molecule has 0 aliphatic rings. The molecule has 5 nitrogen and oxygen atoms in total. The lowest BCUT2D eigenvalue weighted by molar-refractivity contribution is -0.145. The summed E-state index contributed by atoms with van der Waals surface area (Å²) in [4.78, 5) is 23.9. The minimum Gasteiger partial charge on any atom is -0.444 e. The van der Waals surface area contributed by atoms with E-state index in [0.717, 1.165) is 12.8 Å². The smallest absolute Gasteiger partial charge is 0.412 e. The molecule has 100 valence electrons. The lowest BCUT2D eigenvalue weighted by Gasteiger charge is -2.26. The summed E-state index contributed by atoms with van der Waals surface area (Å²) in [5, 5.41) is 0. The zero-order valence-electron chi connectivity index (χ0n) is 11.4. The Bertz CT molecular complexity index is 258. The number of carbonyl (C=O) groups is 2. The molecule has 0 heterocycles. The highest BCUT2D eigenvalue weighted by Gasteiger charge is 2.22. The maximum Gasteiger partial charge on any atom is 0.412 e. The SMILES string of the molecule is CCCCN(COC(C)=O)C(=O)OC(C)(C)C. The van der Waals surface area contributed by atoms with Crippen LogP contribution in [-0.4, -0.2) is 35.8 Å². The van der Waals surface area contributed by atoms with Crippen LogP contribution in [-0.2, 0) is 14.3 Å². The molecule has 0 rings (SSSR count). The van der Waals surface area contributed by atoms with Gasteiger partial charge in [-0.05, 0) is 27.2 Å². The first-order valence-corrected chi connectivity index (χ1v) is 5.87. The highest BCUT2D eigenvalue weighted by molar-refractivity contribution is 5.69. The molecule has 0 aliphatic heterocycles. The average Bonchev–Trinajstić information content (AvgIpc) is 2.14. The van der Waals surface area contributed by atoms with Crippen molar-refractivity contribution >= 4 is 12.1 Å². The molecule has 1 amide bonds. The molecular weight excluding hydrogens is 222 g/mol. The van der Waals surface area contributed by atoms with Crippen molar-refractivity contribution in [1.29, 1.82) is 0 Å². The molecule has 0 aromatic heterocycles. The quantitative estimate of drug-likeness (QED) is 0.551. The van der Waals surface area contributed by atoms with Crippen molar-refractivity contribution < 1.29 is 19.1 Å². The van der Waals surface area contributed by atoms with Crippen molar-refractivity contribution in [2.24, 2.45) is 0 Å². The number of rotatable bonds is 5. The first kappa shape index (κ1) is 15.7. The number of unbranched alkanes of at least 4 members (excludes halogenated alkanes) is 1. The second-order valence-electron chi connectivity index (χ2n) is 4.86. The van der Waals surface area contributed by atoms with Gasteiger partial charge in [-0.2, -0.15) is 0 Å². The second kappa shape index (κ2) is 7.14. The molecule has 0 aromatic rings. The van der Waals surface area contributed by atoms with Gasteiger partial charge in [-0.3, -0.25) is 9.69 Å². The van der Waals surface area contributed by atoms with E-state index >= 15 is 0 Å². The first-order valence-electron chi connectivity index (χ1n) is 5.87. The van der Waals surface area contributed by atoms with Crippen LogP contribution in [0.4, 0.5) is 4.79 Å². The van der Waals surface area contributed by atoms with Crippen LogP contribution in [0.25, 0.3) is 0 Å². The fraction of sp³-hybridized carbons (Fsp3) is 0.833. The Morgan fingerprint density at radius 1 is 1.24 bits per heavy atom. The molecule has 0 aromatic carbocycles. The summed E-state index contributed by atoms with van der Waals surface area (Å²) in [6.07, 6.45) is 1.35. The Morgan fingerprint density at radius 3 is 2.24 bits per heavy atom. The van der Waals surface area contributed by atoms with E-state index in [1.165, 1.54) is 11.8 Å². The predicted molar refractivity (Wildman–Crippen MR) is 64.5 cm³/mol. The largest absolute Gasteiger partial charge is 0.444 e. The zero-order chi connectivity index (χ0) is 13.5. The van der Waals surface area contributed by atoms with Gasteiger partial charge < -0.3 is 9.47 Å². The molecular formula is C12H23NO4. The number of amides is 1. The minimum atomic E-state index is -0.544. The van der Waals surface area contributed by atoms with Crippen molar-refractivity contribution in [3.63, 3.8) is 0 Å². The Morgan fingerprint density at radius 2 is 1.82 bits per heavy atom. The van der Waals surface area contributed by atoms with Gasteiger partial charge in [0.15, 0.2) is 6.73 Å². The van der Waals surface area contributed by atoms with E-state index in [-0.39, 0.29) is 6.73 Å². The van der Waals surface area contributed by atoms with Gasteiger partial charge in [0.25, 0.3) is 0 Å². The predicted octanol–water partition coefficient (Wildman–Crippen LogP) is 2.54. The minimum absolute atomic E-state index is 0.0513. The van der Waals surface area contributed by atoms with E-state index in [9.17, 15) is 9.59 Å². The van der Waals surface area contributed by atoms with E-state index in [1.807, 2.05) is 6.92 Å². The molecule has 0 unspecified atom stereocenters. The van der Waals surface area contributed by atoms with Crippen LogP contribution >= 0.6 is 0 Å². The van der Waals surface area contributed by atoms with Crippen LogP contribution in [0.3, 0.4) is 0 Å². The summed E-state index contributed by atoms with van der Waals surface area (Å²) >= 11 is 0. The van der Waals surface area contributed by atoms with Crippen molar-refractivity contribution in [3.05, 3.63) is 0 Å². The summed E-state index contributed by atoms with van der Waals surface area (Å²) in [5.41, 5.74) is -0.544. The zero-order valence-corrected chi connectivity index (χ0v) is 11.4. The monoisotopic (exact) mass is 245 g/mol. The fourth-order valence-corrected chi connectivity index (χ4v) is 1.05. The standard InChI is InChI=1S/C12H23NO4/c1-6-7-8-13(9-16-10(2)14)11(15)17-12(3,4)5/h6-9H2,1-5H3. The van der Waals surface area contributed by atoms with Crippen LogP contribution in [0.2, 0.25) is 0 Å². The highest BCUT2D eigenvalue weighted by Crippen LogP contribution is 2.10. The lowest BCUT2D eigenvalue weighted by atomic mass is 10.2. The summed E-state index contributed by atoms with van der Waals surface area (Å²) in [6.45, 7) is 9.22. The van der Waals surface area contributed by atoms with E-state index < -0.39 is 17.7 Å². The summed E-state index contributed by atoms with van der Waals surface area (Å²) in [7, 11) is 0. The van der Waals surface area contributed by atoms with E-state index in [1.54, 1.807) is 20.8 Å².